The number of nitrogens with zero attached hydrogens (tertiary/aromatic N) is 1. The van der Waals surface area contributed by atoms with E-state index >= 15 is 0 Å². The van der Waals surface area contributed by atoms with Crippen LogP contribution < -0.4 is 16.0 Å². The van der Waals surface area contributed by atoms with Crippen LogP contribution in [0.1, 0.15) is 34.7 Å². The SMILES string of the molecule is Cc1[nH]nc2c1C(c1ccc(NC(=O)Nc3cccc(C(F)(F)F)c3)cc1)CC(=O)N2. The van der Waals surface area contributed by atoms with Gasteiger partial charge < -0.3 is 16.0 Å². The van der Waals surface area contributed by atoms with Gasteiger partial charge in [-0.3, -0.25) is 9.89 Å². The molecule has 1 atom stereocenters. The maximum absolute atomic E-state index is 12.8. The number of H-pyrrole nitrogens is 1. The Balaban J connectivity index is 1.45. The lowest BCUT2D eigenvalue weighted by Crippen LogP contribution is -2.23. The third kappa shape index (κ3) is 4.37. The summed E-state index contributed by atoms with van der Waals surface area (Å²) in [6.07, 6.45) is -4.22. The first-order valence-corrected chi connectivity index (χ1v) is 9.40. The van der Waals surface area contributed by atoms with Gasteiger partial charge in [-0.1, -0.05) is 18.2 Å². The molecule has 3 amide bonds. The van der Waals surface area contributed by atoms with Gasteiger partial charge in [0.25, 0.3) is 0 Å². The van der Waals surface area contributed by atoms with E-state index in [4.69, 9.17) is 0 Å². The molecule has 7 nitrogen and oxygen atoms in total. The molecule has 4 rings (SSSR count). The van der Waals surface area contributed by atoms with Crippen molar-refractivity contribution in [3.63, 3.8) is 0 Å². The Labute approximate surface area is 175 Å². The molecule has 31 heavy (non-hydrogen) atoms. The van der Waals surface area contributed by atoms with Gasteiger partial charge in [0.15, 0.2) is 5.82 Å². The summed E-state index contributed by atoms with van der Waals surface area (Å²) in [5.74, 6) is 0.212. The van der Waals surface area contributed by atoms with Gasteiger partial charge in [0.1, 0.15) is 0 Å². The molecular formula is C21H18F3N5O2. The molecule has 0 aliphatic carbocycles. The first-order chi connectivity index (χ1) is 14.7. The third-order valence-corrected chi connectivity index (χ3v) is 5.01. The van der Waals surface area contributed by atoms with Crippen LogP contribution in [0.25, 0.3) is 0 Å². The Morgan fingerprint density at radius 2 is 1.81 bits per heavy atom. The van der Waals surface area contributed by atoms with Crippen LogP contribution in [0, 0.1) is 6.92 Å². The third-order valence-electron chi connectivity index (χ3n) is 5.01. The second-order valence-electron chi connectivity index (χ2n) is 7.20. The number of aryl methyl sites for hydroxylation is 1. The lowest BCUT2D eigenvalue weighted by Gasteiger charge is -2.23. The monoisotopic (exact) mass is 429 g/mol. The summed E-state index contributed by atoms with van der Waals surface area (Å²) in [7, 11) is 0. The topological polar surface area (TPSA) is 98.9 Å². The molecule has 0 spiro atoms. The zero-order chi connectivity index (χ0) is 22.2. The van der Waals surface area contributed by atoms with Crippen molar-refractivity contribution >= 4 is 29.1 Å². The van der Waals surface area contributed by atoms with Gasteiger partial charge in [0.2, 0.25) is 5.91 Å². The first-order valence-electron chi connectivity index (χ1n) is 9.40. The second-order valence-corrected chi connectivity index (χ2v) is 7.20. The fourth-order valence-corrected chi connectivity index (χ4v) is 3.58. The minimum absolute atomic E-state index is 0.0279. The number of fused-ring (bicyclic) bond motifs is 1. The molecule has 10 heteroatoms. The molecule has 4 N–H and O–H groups in total. The minimum atomic E-state index is -4.49. The van der Waals surface area contributed by atoms with Gasteiger partial charge in [0, 0.05) is 35.0 Å². The number of carbonyl (C=O) groups is 2. The van der Waals surface area contributed by atoms with Crippen molar-refractivity contribution in [2.24, 2.45) is 0 Å². The van der Waals surface area contributed by atoms with Crippen molar-refractivity contribution in [3.05, 3.63) is 70.9 Å². The number of urea groups is 1. The molecule has 0 radical (unpaired) electrons. The number of halogens is 3. The van der Waals surface area contributed by atoms with E-state index in [2.05, 4.69) is 26.1 Å². The number of hydrogen-bond donors (Lipinski definition) is 4. The van der Waals surface area contributed by atoms with Gasteiger partial charge in [0.05, 0.1) is 5.56 Å². The number of hydrogen-bond acceptors (Lipinski definition) is 3. The Morgan fingerprint density at radius 1 is 1.10 bits per heavy atom. The van der Waals surface area contributed by atoms with E-state index in [1.165, 1.54) is 12.1 Å². The maximum atomic E-state index is 12.8. The van der Waals surface area contributed by atoms with E-state index in [1.807, 2.05) is 6.92 Å². The number of anilines is 3. The van der Waals surface area contributed by atoms with E-state index < -0.39 is 17.8 Å². The van der Waals surface area contributed by atoms with Crippen molar-refractivity contribution in [2.45, 2.75) is 25.4 Å². The Kier molecular flexibility index (Phi) is 5.14. The second kappa shape index (κ2) is 7.78. The van der Waals surface area contributed by atoms with Gasteiger partial charge >= 0.3 is 12.2 Å². The summed E-state index contributed by atoms with van der Waals surface area (Å²) >= 11 is 0. The van der Waals surface area contributed by atoms with Gasteiger partial charge in [-0.2, -0.15) is 18.3 Å². The Morgan fingerprint density at radius 3 is 2.52 bits per heavy atom. The first kappa shape index (κ1) is 20.5. The van der Waals surface area contributed by atoms with Crippen LogP contribution in [0.3, 0.4) is 0 Å². The highest BCUT2D eigenvalue weighted by molar-refractivity contribution is 5.99. The van der Waals surface area contributed by atoms with Crippen molar-refractivity contribution in [1.82, 2.24) is 10.2 Å². The number of aromatic amines is 1. The number of carbonyl (C=O) groups excluding carboxylic acids is 2. The molecule has 0 bridgehead atoms. The van der Waals surface area contributed by atoms with Gasteiger partial charge in [-0.05, 0) is 42.8 Å². The highest BCUT2D eigenvalue weighted by atomic mass is 19.4. The van der Waals surface area contributed by atoms with Crippen LogP contribution in [0.2, 0.25) is 0 Å². The van der Waals surface area contributed by atoms with Crippen molar-refractivity contribution in [2.75, 3.05) is 16.0 Å². The van der Waals surface area contributed by atoms with Crippen molar-refractivity contribution in [1.29, 1.82) is 0 Å². The zero-order valence-corrected chi connectivity index (χ0v) is 16.3. The van der Waals surface area contributed by atoms with Gasteiger partial charge in [-0.25, -0.2) is 4.79 Å². The molecule has 1 aliphatic heterocycles. The molecule has 0 saturated carbocycles. The normalized spacial score (nSPS) is 15.7. The summed E-state index contributed by atoms with van der Waals surface area (Å²) in [5, 5.41) is 14.7. The molecule has 0 saturated heterocycles. The van der Waals surface area contributed by atoms with Crippen molar-refractivity contribution < 1.29 is 22.8 Å². The van der Waals surface area contributed by atoms with E-state index in [0.29, 0.717) is 11.5 Å². The molecule has 0 fully saturated rings. The van der Waals surface area contributed by atoms with Crippen LogP contribution in [-0.4, -0.2) is 22.1 Å². The van der Waals surface area contributed by atoms with Crippen LogP contribution in [-0.2, 0) is 11.0 Å². The molecule has 3 aromatic rings. The minimum Gasteiger partial charge on any atom is -0.309 e. The van der Waals surface area contributed by atoms with E-state index in [-0.39, 0.29) is 23.9 Å². The zero-order valence-electron chi connectivity index (χ0n) is 16.3. The lowest BCUT2D eigenvalue weighted by molar-refractivity contribution is -0.137. The molecule has 1 aliphatic rings. The van der Waals surface area contributed by atoms with Crippen LogP contribution >= 0.6 is 0 Å². The van der Waals surface area contributed by atoms with Crippen LogP contribution in [0.4, 0.5) is 35.2 Å². The quantitative estimate of drug-likeness (QED) is 0.479. The standard InChI is InChI=1S/C21H18F3N5O2/c1-11-18-16(10-17(30)27-19(18)29-28-11)12-5-7-14(8-6-12)25-20(31)26-15-4-2-3-13(9-15)21(22,23)24/h2-9,16H,10H2,1H3,(H2,25,26,31)(H2,27,28,29,30). The summed E-state index contributed by atoms with van der Waals surface area (Å²) in [6, 6.07) is 10.6. The van der Waals surface area contributed by atoms with E-state index in [0.717, 1.165) is 29.0 Å². The predicted octanol–water partition coefficient (Wildman–Crippen LogP) is 4.86. The molecular weight excluding hydrogens is 411 g/mol. The smallest absolute Gasteiger partial charge is 0.309 e. The predicted molar refractivity (Wildman–Crippen MR) is 109 cm³/mol. The van der Waals surface area contributed by atoms with Gasteiger partial charge in [-0.15, -0.1) is 0 Å². The number of amides is 3. The highest BCUT2D eigenvalue weighted by Gasteiger charge is 2.31. The molecule has 1 aromatic heterocycles. The largest absolute Gasteiger partial charge is 0.416 e. The molecule has 160 valence electrons. The summed E-state index contributed by atoms with van der Waals surface area (Å²) in [4.78, 5) is 24.2. The molecule has 2 heterocycles. The van der Waals surface area contributed by atoms with E-state index in [1.54, 1.807) is 24.3 Å². The highest BCUT2D eigenvalue weighted by Crippen LogP contribution is 2.38. The summed E-state index contributed by atoms with van der Waals surface area (Å²) in [5.41, 5.74) is 2.30. The van der Waals surface area contributed by atoms with Crippen molar-refractivity contribution in [3.8, 4) is 0 Å². The van der Waals surface area contributed by atoms with E-state index in [9.17, 15) is 22.8 Å². The summed E-state index contributed by atoms with van der Waals surface area (Å²) < 4.78 is 38.4. The number of aromatic nitrogens is 2. The average molecular weight is 429 g/mol. The Hall–Kier alpha value is -3.82. The fourth-order valence-electron chi connectivity index (χ4n) is 3.58. The lowest BCUT2D eigenvalue weighted by atomic mass is 9.86. The number of alkyl halides is 3. The summed E-state index contributed by atoms with van der Waals surface area (Å²) in [6.45, 7) is 1.88. The number of rotatable bonds is 3. The maximum Gasteiger partial charge on any atom is 0.416 e. The Bertz CT molecular complexity index is 1140. The average Bonchev–Trinajstić information content (AvgIpc) is 3.08. The van der Waals surface area contributed by atoms with Crippen LogP contribution in [0.15, 0.2) is 48.5 Å². The fraction of sp³-hybridized carbons (Fsp3) is 0.190. The van der Waals surface area contributed by atoms with Crippen LogP contribution in [0.5, 0.6) is 0 Å². The molecule has 1 unspecified atom stereocenters. The number of nitrogens with one attached hydrogen (secondary N) is 4. The number of benzene rings is 2. The molecule has 2 aromatic carbocycles.